The van der Waals surface area contributed by atoms with E-state index < -0.39 is 0 Å². The normalized spacial score (nSPS) is 16.8. The zero-order chi connectivity index (χ0) is 12.3. The van der Waals surface area contributed by atoms with Crippen molar-refractivity contribution in [1.82, 2.24) is 4.90 Å². The van der Waals surface area contributed by atoms with Gasteiger partial charge in [0.2, 0.25) is 0 Å². The summed E-state index contributed by atoms with van der Waals surface area (Å²) in [5.74, 6) is 0.108. The van der Waals surface area contributed by atoms with E-state index in [0.29, 0.717) is 11.7 Å². The highest BCUT2D eigenvalue weighted by Gasteiger charge is 2.22. The van der Waals surface area contributed by atoms with Gasteiger partial charge in [0, 0.05) is 24.3 Å². The molecule has 3 heteroatoms. The van der Waals surface area contributed by atoms with E-state index in [0.717, 1.165) is 18.4 Å². The molecule has 2 rings (SSSR count). The fourth-order valence-electron chi connectivity index (χ4n) is 2.46. The Kier molecular flexibility index (Phi) is 3.67. The first-order chi connectivity index (χ1) is 8.18. The second-order valence-corrected chi connectivity index (χ2v) is 4.83. The molecule has 0 spiro atoms. The first-order valence-corrected chi connectivity index (χ1v) is 6.31. The first-order valence-electron chi connectivity index (χ1n) is 6.31. The molecule has 92 valence electrons. The maximum absolute atomic E-state index is 12.2. The van der Waals surface area contributed by atoms with E-state index in [4.69, 9.17) is 5.73 Å². The Morgan fingerprint density at radius 2 is 1.76 bits per heavy atom. The van der Waals surface area contributed by atoms with Crippen LogP contribution in [0.4, 0.5) is 5.69 Å². The first kappa shape index (κ1) is 12.0. The summed E-state index contributed by atoms with van der Waals surface area (Å²) in [5.41, 5.74) is 7.05. The van der Waals surface area contributed by atoms with Crippen LogP contribution < -0.4 is 5.73 Å². The van der Waals surface area contributed by atoms with Gasteiger partial charge >= 0.3 is 0 Å². The number of rotatable bonds is 2. The van der Waals surface area contributed by atoms with Crippen LogP contribution >= 0.6 is 0 Å². The molecule has 0 aromatic heterocycles. The zero-order valence-electron chi connectivity index (χ0n) is 10.4. The number of benzene rings is 1. The van der Waals surface area contributed by atoms with Crippen molar-refractivity contribution in [2.75, 3.05) is 12.8 Å². The van der Waals surface area contributed by atoms with Gasteiger partial charge < -0.3 is 10.6 Å². The minimum Gasteiger partial charge on any atom is -0.399 e. The number of amides is 1. The van der Waals surface area contributed by atoms with Crippen molar-refractivity contribution in [3.05, 3.63) is 29.8 Å². The highest BCUT2D eigenvalue weighted by atomic mass is 16.2. The third kappa shape index (κ3) is 2.78. The maximum Gasteiger partial charge on any atom is 0.253 e. The third-order valence-electron chi connectivity index (χ3n) is 3.60. The number of nitrogen functional groups attached to an aromatic ring is 1. The van der Waals surface area contributed by atoms with Crippen molar-refractivity contribution in [2.45, 2.75) is 38.1 Å². The van der Waals surface area contributed by atoms with Gasteiger partial charge in [-0.25, -0.2) is 0 Å². The van der Waals surface area contributed by atoms with E-state index in [2.05, 4.69) is 0 Å². The van der Waals surface area contributed by atoms with Crippen LogP contribution in [0.15, 0.2) is 24.3 Å². The second-order valence-electron chi connectivity index (χ2n) is 4.83. The minimum atomic E-state index is 0.108. The fourth-order valence-corrected chi connectivity index (χ4v) is 2.46. The molecule has 1 aliphatic carbocycles. The monoisotopic (exact) mass is 232 g/mol. The third-order valence-corrected chi connectivity index (χ3v) is 3.60. The summed E-state index contributed by atoms with van der Waals surface area (Å²) in [6.07, 6.45) is 6.06. The summed E-state index contributed by atoms with van der Waals surface area (Å²) in [6, 6.07) is 7.58. The summed E-state index contributed by atoms with van der Waals surface area (Å²) < 4.78 is 0. The molecule has 3 nitrogen and oxygen atoms in total. The molecule has 1 amide bonds. The van der Waals surface area contributed by atoms with Crippen LogP contribution in [0.25, 0.3) is 0 Å². The van der Waals surface area contributed by atoms with Gasteiger partial charge in [-0.3, -0.25) is 4.79 Å². The van der Waals surface area contributed by atoms with E-state index in [-0.39, 0.29) is 5.91 Å². The Hall–Kier alpha value is -1.51. The molecule has 0 radical (unpaired) electrons. The lowest BCUT2D eigenvalue weighted by Crippen LogP contribution is -2.38. The largest absolute Gasteiger partial charge is 0.399 e. The number of carbonyl (C=O) groups excluding carboxylic acids is 1. The lowest BCUT2D eigenvalue weighted by Gasteiger charge is -2.31. The van der Waals surface area contributed by atoms with Crippen molar-refractivity contribution < 1.29 is 4.79 Å². The van der Waals surface area contributed by atoms with Crippen LogP contribution in [0, 0.1) is 0 Å². The predicted molar refractivity (Wildman–Crippen MR) is 69.8 cm³/mol. The minimum absolute atomic E-state index is 0.108. The molecule has 0 unspecified atom stereocenters. The van der Waals surface area contributed by atoms with Crippen LogP contribution in [-0.2, 0) is 0 Å². The number of carbonyl (C=O) groups is 1. The smallest absolute Gasteiger partial charge is 0.253 e. The van der Waals surface area contributed by atoms with E-state index in [9.17, 15) is 4.79 Å². The molecular weight excluding hydrogens is 212 g/mol. The summed E-state index contributed by atoms with van der Waals surface area (Å²) in [7, 11) is 1.91. The molecule has 0 saturated heterocycles. The highest BCUT2D eigenvalue weighted by molar-refractivity contribution is 5.94. The molecule has 0 heterocycles. The van der Waals surface area contributed by atoms with Gasteiger partial charge in [-0.15, -0.1) is 0 Å². The van der Waals surface area contributed by atoms with Crippen molar-refractivity contribution in [2.24, 2.45) is 0 Å². The topological polar surface area (TPSA) is 46.3 Å². The molecule has 1 aliphatic rings. The van der Waals surface area contributed by atoms with Crippen LogP contribution in [0.5, 0.6) is 0 Å². The SMILES string of the molecule is CN(C(=O)c1ccc(N)cc1)C1CCCCC1. The average Bonchev–Trinajstić information content (AvgIpc) is 2.39. The molecule has 0 aliphatic heterocycles. The van der Waals surface area contributed by atoms with Crippen LogP contribution in [0.3, 0.4) is 0 Å². The van der Waals surface area contributed by atoms with E-state index in [1.807, 2.05) is 11.9 Å². The Balaban J connectivity index is 2.05. The lowest BCUT2D eigenvalue weighted by molar-refractivity contribution is 0.0696. The maximum atomic E-state index is 12.2. The van der Waals surface area contributed by atoms with Crippen LogP contribution in [-0.4, -0.2) is 23.9 Å². The van der Waals surface area contributed by atoms with Gasteiger partial charge in [0.05, 0.1) is 0 Å². The molecule has 2 N–H and O–H groups in total. The Labute approximate surface area is 103 Å². The average molecular weight is 232 g/mol. The van der Waals surface area contributed by atoms with Crippen molar-refractivity contribution >= 4 is 11.6 Å². The van der Waals surface area contributed by atoms with Gasteiger partial charge in [0.15, 0.2) is 0 Å². The number of nitrogens with zero attached hydrogens (tertiary/aromatic N) is 1. The molecule has 1 saturated carbocycles. The molecule has 0 atom stereocenters. The van der Waals surface area contributed by atoms with Crippen molar-refractivity contribution in [3.8, 4) is 0 Å². The van der Waals surface area contributed by atoms with E-state index >= 15 is 0 Å². The molecule has 1 fully saturated rings. The quantitative estimate of drug-likeness (QED) is 0.797. The molecular formula is C14H20N2O. The standard InChI is InChI=1S/C14H20N2O/c1-16(13-5-3-2-4-6-13)14(17)11-7-9-12(15)10-8-11/h7-10,13H,2-6,15H2,1H3. The summed E-state index contributed by atoms with van der Waals surface area (Å²) in [5, 5.41) is 0. The van der Waals surface area contributed by atoms with Gasteiger partial charge in [-0.05, 0) is 37.1 Å². The lowest BCUT2D eigenvalue weighted by atomic mass is 9.94. The van der Waals surface area contributed by atoms with Gasteiger partial charge in [0.25, 0.3) is 5.91 Å². The van der Waals surface area contributed by atoms with E-state index in [1.54, 1.807) is 24.3 Å². The molecule has 1 aromatic carbocycles. The Bertz CT molecular complexity index is 380. The summed E-state index contributed by atoms with van der Waals surface area (Å²) >= 11 is 0. The van der Waals surface area contributed by atoms with Crippen molar-refractivity contribution in [1.29, 1.82) is 0 Å². The van der Waals surface area contributed by atoms with Crippen LogP contribution in [0.2, 0.25) is 0 Å². The summed E-state index contributed by atoms with van der Waals surface area (Å²) in [4.78, 5) is 14.1. The fraction of sp³-hybridized carbons (Fsp3) is 0.500. The number of hydrogen-bond donors (Lipinski definition) is 1. The van der Waals surface area contributed by atoms with E-state index in [1.165, 1.54) is 19.3 Å². The molecule has 17 heavy (non-hydrogen) atoms. The van der Waals surface area contributed by atoms with Gasteiger partial charge in [-0.2, -0.15) is 0 Å². The van der Waals surface area contributed by atoms with Crippen LogP contribution in [0.1, 0.15) is 42.5 Å². The number of nitrogens with two attached hydrogens (primary N) is 1. The Morgan fingerprint density at radius 1 is 1.18 bits per heavy atom. The molecule has 1 aromatic rings. The van der Waals surface area contributed by atoms with Gasteiger partial charge in [0.1, 0.15) is 0 Å². The zero-order valence-corrected chi connectivity index (χ0v) is 10.4. The Morgan fingerprint density at radius 3 is 2.35 bits per heavy atom. The van der Waals surface area contributed by atoms with Gasteiger partial charge in [-0.1, -0.05) is 19.3 Å². The predicted octanol–water partition coefficient (Wildman–Crippen LogP) is 2.67. The number of hydrogen-bond acceptors (Lipinski definition) is 2. The number of anilines is 1. The molecule has 0 bridgehead atoms. The highest BCUT2D eigenvalue weighted by Crippen LogP contribution is 2.23. The second kappa shape index (κ2) is 5.21. The summed E-state index contributed by atoms with van der Waals surface area (Å²) in [6.45, 7) is 0. The van der Waals surface area contributed by atoms with Crippen molar-refractivity contribution in [3.63, 3.8) is 0 Å².